The van der Waals surface area contributed by atoms with Crippen LogP contribution in [0.3, 0.4) is 0 Å². The van der Waals surface area contributed by atoms with Gasteiger partial charge in [-0.1, -0.05) is 102 Å². The fourth-order valence-corrected chi connectivity index (χ4v) is 3.25. The van der Waals surface area contributed by atoms with Gasteiger partial charge in [0.05, 0.1) is 0 Å². The molecule has 0 heterocycles. The van der Waals surface area contributed by atoms with Crippen LogP contribution in [0.2, 0.25) is 0 Å². The first kappa shape index (κ1) is 36.6. The Morgan fingerprint density at radius 3 is 1.06 bits per heavy atom. The van der Waals surface area contributed by atoms with Crippen molar-refractivity contribution in [3.63, 3.8) is 0 Å². The molecule has 0 spiro atoms. The van der Waals surface area contributed by atoms with Crippen molar-refractivity contribution in [2.75, 3.05) is 0 Å². The Hall–Kier alpha value is -0.957. The van der Waals surface area contributed by atoms with Crippen LogP contribution in [0.15, 0.2) is 24.3 Å². The van der Waals surface area contributed by atoms with E-state index in [-0.39, 0.29) is 19.5 Å². The normalized spacial score (nSPS) is 10.7. The molecule has 0 atom stereocenters. The fourth-order valence-electron chi connectivity index (χ4n) is 3.25. The first-order chi connectivity index (χ1) is 15.5. The molecular weight excluding hydrogens is 466 g/mol. The van der Waals surface area contributed by atoms with Crippen molar-refractivity contribution in [3.05, 3.63) is 24.3 Å². The van der Waals surface area contributed by atoms with E-state index in [1.54, 1.807) is 0 Å². The Bertz CT molecular complexity index is 419. The Balaban J connectivity index is -0.000000529. The van der Waals surface area contributed by atoms with E-state index in [2.05, 4.69) is 38.2 Å². The minimum atomic E-state index is -0.668. The second-order valence-corrected chi connectivity index (χ2v) is 8.63. The Kier molecular flexibility index (Phi) is 36.9. The van der Waals surface area contributed by atoms with Crippen LogP contribution in [-0.2, 0) is 29.1 Å². The predicted molar refractivity (Wildman–Crippen MR) is 137 cm³/mol. The van der Waals surface area contributed by atoms with E-state index in [4.69, 9.17) is 10.2 Å². The third-order valence-corrected chi connectivity index (χ3v) is 5.30. The van der Waals surface area contributed by atoms with Crippen molar-refractivity contribution in [2.24, 2.45) is 0 Å². The molecule has 0 aliphatic heterocycles. The van der Waals surface area contributed by atoms with E-state index < -0.39 is 11.9 Å². The van der Waals surface area contributed by atoms with Gasteiger partial charge in [-0.2, -0.15) is 0 Å². The Morgan fingerprint density at radius 2 is 0.758 bits per heavy atom. The molecule has 0 aliphatic rings. The fraction of sp³-hybridized carbons (Fsp3) is 0.786. The van der Waals surface area contributed by atoms with Gasteiger partial charge in [0.2, 0.25) is 0 Å². The molecule has 0 aromatic heterocycles. The van der Waals surface area contributed by atoms with Gasteiger partial charge in [0.15, 0.2) is 0 Å². The van der Waals surface area contributed by atoms with Crippen LogP contribution >= 0.6 is 0 Å². The number of hydrogen-bond donors (Lipinski definition) is 2. The quantitative estimate of drug-likeness (QED) is 0.0852. The summed E-state index contributed by atoms with van der Waals surface area (Å²) < 4.78 is 0. The zero-order valence-corrected chi connectivity index (χ0v) is 24.8. The van der Waals surface area contributed by atoms with Crippen molar-refractivity contribution in [1.82, 2.24) is 0 Å². The van der Waals surface area contributed by atoms with E-state index in [0.717, 1.165) is 25.7 Å². The molecule has 0 unspecified atom stereocenters. The van der Waals surface area contributed by atoms with Crippen LogP contribution in [0.1, 0.15) is 142 Å². The molecule has 0 saturated carbocycles. The van der Waals surface area contributed by atoms with Crippen molar-refractivity contribution in [1.29, 1.82) is 0 Å². The number of carboxylic acids is 2. The molecule has 0 aromatic carbocycles. The summed E-state index contributed by atoms with van der Waals surface area (Å²) in [7, 11) is 0. The third-order valence-electron chi connectivity index (χ3n) is 5.30. The molecule has 0 fully saturated rings. The van der Waals surface area contributed by atoms with Crippen LogP contribution in [0.25, 0.3) is 0 Å². The molecule has 4 nitrogen and oxygen atoms in total. The van der Waals surface area contributed by atoms with Crippen molar-refractivity contribution in [3.8, 4) is 0 Å². The molecule has 33 heavy (non-hydrogen) atoms. The summed E-state index contributed by atoms with van der Waals surface area (Å²) in [5, 5.41) is 16.9. The van der Waals surface area contributed by atoms with E-state index >= 15 is 0 Å². The summed E-state index contributed by atoms with van der Waals surface area (Å²) >= 11 is 0. The second kappa shape index (κ2) is 33.2. The van der Waals surface area contributed by atoms with Gasteiger partial charge in [0, 0.05) is 32.3 Å². The number of rotatable bonds is 22. The maximum atomic E-state index is 10.3. The monoisotopic (exact) mass is 516 g/mol. The summed E-state index contributed by atoms with van der Waals surface area (Å²) in [5.74, 6) is -1.34. The molecule has 5 heteroatoms. The second-order valence-electron chi connectivity index (χ2n) is 8.63. The van der Waals surface area contributed by atoms with E-state index in [0.29, 0.717) is 12.8 Å². The van der Waals surface area contributed by atoms with Gasteiger partial charge < -0.3 is 10.2 Å². The number of allylic oxidation sites excluding steroid dienone is 4. The first-order valence-corrected chi connectivity index (χ1v) is 13.3. The maximum absolute atomic E-state index is 10.3. The predicted octanol–water partition coefficient (Wildman–Crippen LogP) is 9.09. The molecule has 0 radical (unpaired) electrons. The van der Waals surface area contributed by atoms with Gasteiger partial charge in [-0.3, -0.25) is 9.59 Å². The zero-order chi connectivity index (χ0) is 24.1. The van der Waals surface area contributed by atoms with Gasteiger partial charge in [-0.25, -0.2) is 0 Å². The molecule has 2 N–H and O–H groups in total. The van der Waals surface area contributed by atoms with Crippen LogP contribution in [0.4, 0.5) is 0 Å². The largest absolute Gasteiger partial charge is 0.481 e. The van der Waals surface area contributed by atoms with Gasteiger partial charge in [-0.05, 0) is 51.4 Å². The first-order valence-electron chi connectivity index (χ1n) is 13.3. The van der Waals surface area contributed by atoms with Crippen molar-refractivity contribution >= 4 is 11.9 Å². The van der Waals surface area contributed by atoms with Crippen molar-refractivity contribution in [2.45, 2.75) is 142 Å². The average molecular weight is 518 g/mol. The number of unbranched alkanes of at least 4 members (excludes halogenated alkanes) is 14. The average Bonchev–Trinajstić information content (AvgIpc) is 2.76. The molecule has 0 saturated heterocycles. The smallest absolute Gasteiger partial charge is 0.303 e. The van der Waals surface area contributed by atoms with Crippen LogP contribution in [-0.4, -0.2) is 22.2 Å². The molecular formula is C28H52O4Zn. The minimum absolute atomic E-state index is 0. The standard InChI is InChI=1S/2C14H26O2.Zn/c2*1-2-3-4-5-6-7-8-9-10-11-12-13-14(15)16;/h2*5-6H,2-4,7-13H2,1H3,(H,15,16);. The molecule has 0 aliphatic carbocycles. The minimum Gasteiger partial charge on any atom is -0.481 e. The van der Waals surface area contributed by atoms with Gasteiger partial charge >= 0.3 is 11.9 Å². The zero-order valence-electron chi connectivity index (χ0n) is 21.9. The maximum Gasteiger partial charge on any atom is 0.303 e. The summed E-state index contributed by atoms with van der Waals surface area (Å²) in [6.45, 7) is 4.43. The third kappa shape index (κ3) is 41.8. The number of hydrogen-bond acceptors (Lipinski definition) is 2. The number of carboxylic acid groups (broad SMARTS) is 2. The van der Waals surface area contributed by atoms with Gasteiger partial charge in [-0.15, -0.1) is 0 Å². The Labute approximate surface area is 217 Å². The number of carbonyl (C=O) groups is 2. The van der Waals surface area contributed by atoms with Gasteiger partial charge in [0.1, 0.15) is 0 Å². The van der Waals surface area contributed by atoms with Crippen LogP contribution in [0.5, 0.6) is 0 Å². The molecule has 0 amide bonds. The summed E-state index contributed by atoms with van der Waals surface area (Å²) in [5.41, 5.74) is 0. The molecule has 0 rings (SSSR count). The van der Waals surface area contributed by atoms with Crippen LogP contribution in [0, 0.1) is 0 Å². The van der Waals surface area contributed by atoms with E-state index in [9.17, 15) is 9.59 Å². The summed E-state index contributed by atoms with van der Waals surface area (Å²) in [4.78, 5) is 20.5. The molecule has 0 aromatic rings. The van der Waals surface area contributed by atoms with E-state index in [1.807, 2.05) is 0 Å². The van der Waals surface area contributed by atoms with E-state index in [1.165, 1.54) is 89.9 Å². The summed E-state index contributed by atoms with van der Waals surface area (Å²) in [6.07, 6.45) is 30.8. The topological polar surface area (TPSA) is 74.6 Å². The summed E-state index contributed by atoms with van der Waals surface area (Å²) in [6, 6.07) is 0. The van der Waals surface area contributed by atoms with Gasteiger partial charge in [0.25, 0.3) is 0 Å². The number of aliphatic carboxylic acids is 2. The van der Waals surface area contributed by atoms with Crippen molar-refractivity contribution < 1.29 is 39.3 Å². The molecule has 0 bridgehead atoms. The molecule has 190 valence electrons. The SMILES string of the molecule is CCCCC=CCCCCCCCC(=O)O.CCCCC=CCCCCCCCC(=O)O.[Zn]. The van der Waals surface area contributed by atoms with Crippen LogP contribution < -0.4 is 0 Å². The Morgan fingerprint density at radius 1 is 0.485 bits per heavy atom.